The molecule has 4 aliphatic rings. The van der Waals surface area contributed by atoms with Crippen molar-refractivity contribution in [2.45, 2.75) is 75.8 Å². The van der Waals surface area contributed by atoms with Gasteiger partial charge in [0.05, 0.1) is 50.3 Å². The first-order valence-electron chi connectivity index (χ1n) is 18.1. The summed E-state index contributed by atoms with van der Waals surface area (Å²) in [6, 6.07) is 7.50. The normalized spacial score (nSPS) is 27.7. The predicted molar refractivity (Wildman–Crippen MR) is 187 cm³/mol. The van der Waals surface area contributed by atoms with Gasteiger partial charge in [0, 0.05) is 39.1 Å². The molecule has 4 fully saturated rings. The largest absolute Gasteiger partial charge is 0.455 e. The molecule has 1 aromatic rings. The van der Waals surface area contributed by atoms with Gasteiger partial charge in [-0.25, -0.2) is 0 Å². The number of ether oxygens (including phenoxy) is 3. The van der Waals surface area contributed by atoms with E-state index >= 15 is 0 Å². The molecule has 0 saturated carbocycles. The number of rotatable bonds is 18. The minimum atomic E-state index is -1.25. The highest BCUT2D eigenvalue weighted by atomic mass is 16.6. The molecule has 2 N–H and O–H groups in total. The minimum Gasteiger partial charge on any atom is -0.455 e. The van der Waals surface area contributed by atoms with Crippen molar-refractivity contribution in [3.05, 3.63) is 61.2 Å². The number of likely N-dealkylation sites (tertiary alicyclic amines) is 1. The van der Waals surface area contributed by atoms with Crippen LogP contribution in [-0.2, 0) is 33.4 Å². The summed E-state index contributed by atoms with van der Waals surface area (Å²) in [6.45, 7) is 15.4. The number of benzene rings is 1. The van der Waals surface area contributed by atoms with E-state index in [-0.39, 0.29) is 49.8 Å². The maximum absolute atomic E-state index is 14.8. The Balaban J connectivity index is 1.44. The van der Waals surface area contributed by atoms with Crippen molar-refractivity contribution in [2.75, 3.05) is 59.1 Å². The molecule has 0 radical (unpaired) electrons. The van der Waals surface area contributed by atoms with Gasteiger partial charge in [-0.1, -0.05) is 62.8 Å². The topological polar surface area (TPSA) is 138 Å². The molecule has 4 saturated heterocycles. The van der Waals surface area contributed by atoms with Gasteiger partial charge in [0.25, 0.3) is 0 Å². The monoisotopic (exact) mass is 694 g/mol. The standard InChI is InChI=1S/C38H54N4O8/c1-5-8-14-31(44)39-24-30(27-12-10-9-11-13-27)49-37(47)32-29-15-16-38(50-29)33(32)35(45)42(28(25-43)26(4)7-3)34(38)36(46)41(17-6-2)19-18-40-20-22-48-23-21-40/h5-6,9-13,26,28-30,32-34,43H,1-2,7-8,14-25H2,3-4H3,(H,39,44)/t26-,28-,29-,30-,32+,33+,34-,38+/m0/s1. The molecule has 0 aliphatic carbocycles. The predicted octanol–water partition coefficient (Wildman–Crippen LogP) is 2.48. The smallest absolute Gasteiger partial charge is 0.313 e. The van der Waals surface area contributed by atoms with Crippen molar-refractivity contribution in [2.24, 2.45) is 17.8 Å². The Labute approximate surface area is 295 Å². The molecule has 2 bridgehead atoms. The quantitative estimate of drug-likeness (QED) is 0.175. The lowest BCUT2D eigenvalue weighted by Gasteiger charge is -2.41. The van der Waals surface area contributed by atoms with Crippen LogP contribution >= 0.6 is 0 Å². The number of carbonyl (C=O) groups is 4. The number of aliphatic hydroxyl groups is 1. The van der Waals surface area contributed by atoms with Crippen LogP contribution in [0.4, 0.5) is 0 Å². The summed E-state index contributed by atoms with van der Waals surface area (Å²) in [5, 5.41) is 13.6. The molecular formula is C38H54N4O8. The van der Waals surface area contributed by atoms with E-state index in [4.69, 9.17) is 14.2 Å². The molecule has 0 unspecified atom stereocenters. The summed E-state index contributed by atoms with van der Waals surface area (Å²) in [5.41, 5.74) is -0.545. The van der Waals surface area contributed by atoms with Gasteiger partial charge >= 0.3 is 5.97 Å². The number of morpholine rings is 1. The second kappa shape index (κ2) is 17.1. The number of fused-ring (bicyclic) bond motifs is 1. The van der Waals surface area contributed by atoms with Crippen molar-refractivity contribution in [1.82, 2.24) is 20.0 Å². The van der Waals surface area contributed by atoms with Crippen molar-refractivity contribution in [3.63, 3.8) is 0 Å². The summed E-state index contributed by atoms with van der Waals surface area (Å²) in [7, 11) is 0. The van der Waals surface area contributed by atoms with Crippen LogP contribution in [0.5, 0.6) is 0 Å². The zero-order valence-corrected chi connectivity index (χ0v) is 29.5. The van der Waals surface area contributed by atoms with Crippen molar-refractivity contribution in [1.29, 1.82) is 0 Å². The van der Waals surface area contributed by atoms with Gasteiger partial charge in [0.1, 0.15) is 17.7 Å². The molecule has 274 valence electrons. The fraction of sp³-hybridized carbons (Fsp3) is 0.632. The third-order valence-electron chi connectivity index (χ3n) is 11.0. The molecule has 12 nitrogen and oxygen atoms in total. The molecule has 4 aliphatic heterocycles. The SMILES string of the molecule is C=CCCC(=O)NC[C@H](OC(=O)[C@@H]1[C@@H]2CC[C@]3(O2)[C@H](C(=O)N(CC=C)CCN2CCOCC2)N([C@@H](CO)[C@@H](C)CC)C(=O)[C@@H]13)c1ccccc1. The van der Waals surface area contributed by atoms with Gasteiger partial charge in [-0.05, 0) is 30.7 Å². The second-order valence-corrected chi connectivity index (χ2v) is 13.9. The Bertz CT molecular complexity index is 1370. The number of carbonyl (C=O) groups excluding carboxylic acids is 4. The minimum absolute atomic E-state index is 0.0568. The third-order valence-corrected chi connectivity index (χ3v) is 11.0. The average molecular weight is 695 g/mol. The summed E-state index contributed by atoms with van der Waals surface area (Å²) in [4.78, 5) is 61.8. The molecule has 1 spiro atoms. The van der Waals surface area contributed by atoms with Crippen LogP contribution in [0.15, 0.2) is 55.6 Å². The lowest BCUT2D eigenvalue weighted by Crippen LogP contribution is -2.60. The highest BCUT2D eigenvalue weighted by molar-refractivity contribution is 5.98. The van der Waals surface area contributed by atoms with Crippen LogP contribution in [0.3, 0.4) is 0 Å². The lowest BCUT2D eigenvalue weighted by molar-refractivity contribution is -0.161. The van der Waals surface area contributed by atoms with Crippen LogP contribution in [0.25, 0.3) is 0 Å². The zero-order valence-electron chi connectivity index (χ0n) is 29.5. The molecule has 5 rings (SSSR count). The Hall–Kier alpha value is -3.58. The number of allylic oxidation sites excluding steroid dienone is 1. The van der Waals surface area contributed by atoms with E-state index in [1.165, 1.54) is 0 Å². The van der Waals surface area contributed by atoms with Gasteiger partial charge in [-0.3, -0.25) is 24.1 Å². The average Bonchev–Trinajstić information content (AvgIpc) is 3.79. The Kier molecular flexibility index (Phi) is 12.9. The highest BCUT2D eigenvalue weighted by Gasteiger charge is 2.76. The van der Waals surface area contributed by atoms with E-state index in [1.807, 2.05) is 44.2 Å². The van der Waals surface area contributed by atoms with Crippen molar-refractivity contribution < 1.29 is 38.5 Å². The molecular weight excluding hydrogens is 640 g/mol. The number of aliphatic hydroxyl groups excluding tert-OH is 1. The fourth-order valence-corrected chi connectivity index (χ4v) is 8.16. The van der Waals surface area contributed by atoms with Crippen LogP contribution in [-0.4, -0.2) is 126 Å². The molecule has 3 amide bonds. The molecule has 4 heterocycles. The van der Waals surface area contributed by atoms with Crippen molar-refractivity contribution in [3.8, 4) is 0 Å². The summed E-state index contributed by atoms with van der Waals surface area (Å²) in [5.74, 6) is -3.45. The lowest BCUT2D eigenvalue weighted by atomic mass is 9.70. The molecule has 8 atom stereocenters. The Morgan fingerprint density at radius 3 is 2.58 bits per heavy atom. The zero-order chi connectivity index (χ0) is 35.8. The van der Waals surface area contributed by atoms with Gasteiger partial charge in [0.2, 0.25) is 17.7 Å². The summed E-state index contributed by atoms with van der Waals surface area (Å²) < 4.78 is 18.3. The summed E-state index contributed by atoms with van der Waals surface area (Å²) in [6.07, 6.45) is 4.31. The van der Waals surface area contributed by atoms with Gasteiger partial charge in [0.15, 0.2) is 0 Å². The van der Waals surface area contributed by atoms with E-state index in [0.717, 1.165) is 13.1 Å². The number of hydrogen-bond acceptors (Lipinski definition) is 9. The molecule has 0 aromatic heterocycles. The van der Waals surface area contributed by atoms with Gasteiger partial charge in [-0.2, -0.15) is 0 Å². The maximum Gasteiger partial charge on any atom is 0.313 e. The Morgan fingerprint density at radius 2 is 1.92 bits per heavy atom. The maximum atomic E-state index is 14.8. The van der Waals surface area contributed by atoms with Gasteiger partial charge in [-0.15, -0.1) is 13.2 Å². The highest BCUT2D eigenvalue weighted by Crippen LogP contribution is 2.59. The summed E-state index contributed by atoms with van der Waals surface area (Å²) >= 11 is 0. The first-order valence-corrected chi connectivity index (χ1v) is 18.1. The molecule has 12 heteroatoms. The van der Waals surface area contributed by atoms with E-state index in [1.54, 1.807) is 22.0 Å². The molecule has 50 heavy (non-hydrogen) atoms. The number of nitrogens with one attached hydrogen (secondary N) is 1. The number of esters is 1. The molecule has 1 aromatic carbocycles. The van der Waals surface area contributed by atoms with Crippen LogP contribution in [0.2, 0.25) is 0 Å². The Morgan fingerprint density at radius 1 is 1.18 bits per heavy atom. The van der Waals surface area contributed by atoms with Crippen LogP contribution < -0.4 is 5.32 Å². The first-order chi connectivity index (χ1) is 24.2. The number of hydrogen-bond donors (Lipinski definition) is 2. The van der Waals surface area contributed by atoms with E-state index in [9.17, 15) is 24.3 Å². The van der Waals surface area contributed by atoms with Crippen LogP contribution in [0.1, 0.15) is 57.6 Å². The second-order valence-electron chi connectivity index (χ2n) is 13.9. The van der Waals surface area contributed by atoms with E-state index < -0.39 is 47.7 Å². The third kappa shape index (κ3) is 7.68. The number of amides is 3. The van der Waals surface area contributed by atoms with E-state index in [2.05, 4.69) is 23.4 Å². The first kappa shape index (κ1) is 37.7. The number of nitrogens with zero attached hydrogens (tertiary/aromatic N) is 3. The van der Waals surface area contributed by atoms with E-state index in [0.29, 0.717) is 57.6 Å². The van der Waals surface area contributed by atoms with Crippen molar-refractivity contribution >= 4 is 23.7 Å². The van der Waals surface area contributed by atoms with Gasteiger partial charge < -0.3 is 34.4 Å². The fourth-order valence-electron chi connectivity index (χ4n) is 8.16. The van der Waals surface area contributed by atoms with Crippen LogP contribution in [0, 0.1) is 17.8 Å².